The van der Waals surface area contributed by atoms with Crippen molar-refractivity contribution in [3.05, 3.63) is 24.3 Å². The normalized spacial score (nSPS) is 11.2. The molecule has 0 atom stereocenters. The number of fused-ring (bicyclic) bond motifs is 1. The first-order valence-corrected chi connectivity index (χ1v) is 7.07. The van der Waals surface area contributed by atoms with E-state index in [2.05, 4.69) is 10.3 Å². The zero-order valence-corrected chi connectivity index (χ0v) is 11.3. The molecule has 1 heterocycles. The van der Waals surface area contributed by atoms with E-state index in [0.29, 0.717) is 0 Å². The first-order valence-electron chi connectivity index (χ1n) is 6.08. The molecule has 1 aromatic heterocycles. The second-order valence-electron chi connectivity index (χ2n) is 3.89. The van der Waals surface area contributed by atoms with Gasteiger partial charge in [-0.1, -0.05) is 23.9 Å². The lowest BCUT2D eigenvalue weighted by atomic mass is 10.3. The Balaban J connectivity index is 1.67. The summed E-state index contributed by atoms with van der Waals surface area (Å²) < 4.78 is 10.6. The van der Waals surface area contributed by atoms with Crippen LogP contribution in [0, 0.1) is 0 Å². The molecule has 98 valence electrons. The molecule has 0 aliphatic carbocycles. The third kappa shape index (κ3) is 4.01. The van der Waals surface area contributed by atoms with Gasteiger partial charge in [-0.3, -0.25) is 0 Å². The van der Waals surface area contributed by atoms with Crippen LogP contribution in [0.4, 0.5) is 0 Å². The minimum atomic E-state index is 0.757. The van der Waals surface area contributed by atoms with Crippen LogP contribution >= 0.6 is 11.8 Å². The minimum Gasteiger partial charge on any atom is -0.431 e. The van der Waals surface area contributed by atoms with Crippen molar-refractivity contribution in [3.8, 4) is 0 Å². The Labute approximate surface area is 111 Å². The largest absolute Gasteiger partial charge is 0.431 e. The molecule has 0 fully saturated rings. The summed E-state index contributed by atoms with van der Waals surface area (Å²) >= 11 is 1.66. The van der Waals surface area contributed by atoms with Crippen molar-refractivity contribution in [1.29, 1.82) is 0 Å². The average molecular weight is 266 g/mol. The number of methoxy groups -OCH3 is 1. The Morgan fingerprint density at radius 3 is 3.06 bits per heavy atom. The van der Waals surface area contributed by atoms with Gasteiger partial charge in [0.2, 0.25) is 0 Å². The molecule has 0 bridgehead atoms. The quantitative estimate of drug-likeness (QED) is 0.588. The summed E-state index contributed by atoms with van der Waals surface area (Å²) in [5, 5.41) is 4.07. The van der Waals surface area contributed by atoms with Gasteiger partial charge in [0.15, 0.2) is 5.58 Å². The molecule has 1 aromatic carbocycles. The molecule has 2 aromatic rings. The van der Waals surface area contributed by atoms with E-state index >= 15 is 0 Å². The molecule has 18 heavy (non-hydrogen) atoms. The van der Waals surface area contributed by atoms with Crippen LogP contribution in [0.15, 0.2) is 33.9 Å². The molecular weight excluding hydrogens is 248 g/mol. The summed E-state index contributed by atoms with van der Waals surface area (Å²) in [6.45, 7) is 2.67. The van der Waals surface area contributed by atoms with E-state index < -0.39 is 0 Å². The van der Waals surface area contributed by atoms with Crippen molar-refractivity contribution in [2.75, 3.05) is 32.6 Å². The average Bonchev–Trinajstić information content (AvgIpc) is 2.80. The van der Waals surface area contributed by atoms with Gasteiger partial charge in [-0.2, -0.15) is 0 Å². The molecule has 2 rings (SSSR count). The number of benzene rings is 1. The molecule has 0 aliphatic rings. The lowest BCUT2D eigenvalue weighted by molar-refractivity contribution is 0.199. The van der Waals surface area contributed by atoms with Crippen LogP contribution in [0.1, 0.15) is 6.42 Å². The zero-order chi connectivity index (χ0) is 12.6. The molecule has 0 saturated carbocycles. The van der Waals surface area contributed by atoms with Crippen molar-refractivity contribution in [2.45, 2.75) is 11.6 Å². The number of para-hydroxylation sites is 2. The van der Waals surface area contributed by atoms with E-state index in [1.807, 2.05) is 24.3 Å². The van der Waals surface area contributed by atoms with Gasteiger partial charge in [0, 0.05) is 19.4 Å². The van der Waals surface area contributed by atoms with E-state index in [4.69, 9.17) is 9.15 Å². The molecule has 0 unspecified atom stereocenters. The topological polar surface area (TPSA) is 47.3 Å². The summed E-state index contributed by atoms with van der Waals surface area (Å²) in [6, 6.07) is 7.84. The lowest BCUT2D eigenvalue weighted by Gasteiger charge is -2.02. The van der Waals surface area contributed by atoms with Crippen LogP contribution in [0.25, 0.3) is 11.1 Å². The van der Waals surface area contributed by atoms with Crippen molar-refractivity contribution < 1.29 is 9.15 Å². The molecular formula is C13H18N2O2S. The fraction of sp³-hybridized carbons (Fsp3) is 0.462. The third-order valence-corrected chi connectivity index (χ3v) is 3.40. The van der Waals surface area contributed by atoms with E-state index in [-0.39, 0.29) is 0 Å². The SMILES string of the molecule is COCCNCCCSc1nc2ccccc2o1. The van der Waals surface area contributed by atoms with E-state index in [9.17, 15) is 0 Å². The first kappa shape index (κ1) is 13.4. The van der Waals surface area contributed by atoms with Gasteiger partial charge in [-0.05, 0) is 25.1 Å². The summed E-state index contributed by atoms with van der Waals surface area (Å²) in [5.74, 6) is 1.01. The van der Waals surface area contributed by atoms with Crippen molar-refractivity contribution in [3.63, 3.8) is 0 Å². The Kier molecular flexibility index (Phi) is 5.51. The number of thioether (sulfide) groups is 1. The molecule has 0 saturated heterocycles. The minimum absolute atomic E-state index is 0.757. The Bertz CT molecular complexity index is 440. The van der Waals surface area contributed by atoms with Crippen LogP contribution in [0.3, 0.4) is 0 Å². The van der Waals surface area contributed by atoms with Crippen LogP contribution in [-0.2, 0) is 4.74 Å². The van der Waals surface area contributed by atoms with Crippen LogP contribution in [0.2, 0.25) is 0 Å². The van der Waals surface area contributed by atoms with E-state index in [1.165, 1.54) is 0 Å². The van der Waals surface area contributed by atoms with Gasteiger partial charge in [0.25, 0.3) is 5.22 Å². The highest BCUT2D eigenvalue weighted by molar-refractivity contribution is 7.99. The predicted octanol–water partition coefficient (Wildman–Crippen LogP) is 2.55. The molecule has 5 heteroatoms. The van der Waals surface area contributed by atoms with Crippen molar-refractivity contribution in [2.24, 2.45) is 0 Å². The highest BCUT2D eigenvalue weighted by atomic mass is 32.2. The highest BCUT2D eigenvalue weighted by Crippen LogP contribution is 2.23. The first-order chi connectivity index (χ1) is 8.90. The molecule has 0 spiro atoms. The van der Waals surface area contributed by atoms with Crippen LogP contribution < -0.4 is 5.32 Å². The smallest absolute Gasteiger partial charge is 0.256 e. The Morgan fingerprint density at radius 2 is 2.22 bits per heavy atom. The van der Waals surface area contributed by atoms with Gasteiger partial charge < -0.3 is 14.5 Å². The zero-order valence-electron chi connectivity index (χ0n) is 10.5. The Hall–Kier alpha value is -1.04. The number of rotatable bonds is 8. The number of nitrogens with one attached hydrogen (secondary N) is 1. The van der Waals surface area contributed by atoms with Gasteiger partial charge in [0.05, 0.1) is 6.61 Å². The molecule has 1 N–H and O–H groups in total. The predicted molar refractivity (Wildman–Crippen MR) is 74.1 cm³/mol. The summed E-state index contributed by atoms with van der Waals surface area (Å²) in [7, 11) is 1.71. The van der Waals surface area contributed by atoms with Crippen LogP contribution in [0.5, 0.6) is 0 Å². The number of nitrogens with zero attached hydrogens (tertiary/aromatic N) is 1. The molecule has 0 aliphatic heterocycles. The van der Waals surface area contributed by atoms with Gasteiger partial charge in [0.1, 0.15) is 5.52 Å². The fourth-order valence-electron chi connectivity index (χ4n) is 1.57. The highest BCUT2D eigenvalue weighted by Gasteiger charge is 2.04. The second kappa shape index (κ2) is 7.41. The summed E-state index contributed by atoms with van der Waals surface area (Å²) in [5.41, 5.74) is 1.79. The van der Waals surface area contributed by atoms with Gasteiger partial charge in [-0.25, -0.2) is 4.98 Å². The van der Waals surface area contributed by atoms with Gasteiger partial charge in [-0.15, -0.1) is 0 Å². The second-order valence-corrected chi connectivity index (χ2v) is 4.94. The number of hydrogen-bond donors (Lipinski definition) is 1. The number of oxazole rings is 1. The van der Waals surface area contributed by atoms with E-state index in [0.717, 1.165) is 48.2 Å². The molecule has 0 radical (unpaired) electrons. The standard InChI is InChI=1S/C13H18N2O2S/c1-16-9-8-14-7-4-10-18-13-15-11-5-2-3-6-12(11)17-13/h2-3,5-6,14H,4,7-10H2,1H3. The van der Waals surface area contributed by atoms with Crippen molar-refractivity contribution >= 4 is 22.9 Å². The lowest BCUT2D eigenvalue weighted by Crippen LogP contribution is -2.20. The maximum Gasteiger partial charge on any atom is 0.256 e. The van der Waals surface area contributed by atoms with E-state index in [1.54, 1.807) is 18.9 Å². The van der Waals surface area contributed by atoms with Crippen molar-refractivity contribution in [1.82, 2.24) is 10.3 Å². The fourth-order valence-corrected chi connectivity index (χ4v) is 2.34. The number of hydrogen-bond acceptors (Lipinski definition) is 5. The maximum absolute atomic E-state index is 5.62. The number of aromatic nitrogens is 1. The van der Waals surface area contributed by atoms with Gasteiger partial charge >= 0.3 is 0 Å². The summed E-state index contributed by atoms with van der Waals surface area (Å²) in [4.78, 5) is 4.42. The third-order valence-electron chi connectivity index (χ3n) is 2.48. The monoisotopic (exact) mass is 266 g/mol. The van der Waals surface area contributed by atoms with Crippen LogP contribution in [-0.4, -0.2) is 37.5 Å². The summed E-state index contributed by atoms with van der Waals surface area (Å²) in [6.07, 6.45) is 1.09. The molecule has 0 amide bonds. The maximum atomic E-state index is 5.62. The number of ether oxygens (including phenoxy) is 1. The molecule has 4 nitrogen and oxygen atoms in total. The Morgan fingerprint density at radius 1 is 1.33 bits per heavy atom.